The number of carbonyl (C=O) groups excluding carboxylic acids is 1. The molecule has 1 N–H and O–H groups in total. The van der Waals surface area contributed by atoms with E-state index in [2.05, 4.69) is 22.4 Å². The molecule has 0 aliphatic carbocycles. The minimum atomic E-state index is -0.754. The third-order valence-electron chi connectivity index (χ3n) is 4.93. The number of aryl methyl sites for hydroxylation is 1. The van der Waals surface area contributed by atoms with E-state index < -0.39 is 23.1 Å². The molecule has 0 aliphatic heterocycles. The molecule has 0 spiro atoms. The molecule has 0 fully saturated rings. The highest BCUT2D eigenvalue weighted by Gasteiger charge is 2.13. The first-order valence-electron chi connectivity index (χ1n) is 9.70. The molecular weight excluding hydrogens is 404 g/mol. The zero-order valence-electron chi connectivity index (χ0n) is 16.7. The lowest BCUT2D eigenvalue weighted by molar-refractivity contribution is -0.122. The molecule has 0 unspecified atom stereocenters. The third-order valence-corrected chi connectivity index (χ3v) is 4.93. The second-order valence-electron chi connectivity index (χ2n) is 7.02. The van der Waals surface area contributed by atoms with Gasteiger partial charge in [0.25, 0.3) is 5.56 Å². The van der Waals surface area contributed by atoms with Crippen LogP contribution in [0.1, 0.15) is 18.1 Å². The summed E-state index contributed by atoms with van der Waals surface area (Å²) in [5.41, 5.74) is 2.63. The van der Waals surface area contributed by atoms with Crippen LogP contribution in [0.2, 0.25) is 0 Å². The Bertz CT molecular complexity index is 1310. The fourth-order valence-corrected chi connectivity index (χ4v) is 3.15. The van der Waals surface area contributed by atoms with Crippen LogP contribution in [0.5, 0.6) is 0 Å². The van der Waals surface area contributed by atoms with E-state index in [1.54, 1.807) is 6.07 Å². The number of fused-ring (bicyclic) bond motifs is 1. The monoisotopic (exact) mass is 423 g/mol. The van der Waals surface area contributed by atoms with Crippen molar-refractivity contribution in [2.75, 3.05) is 0 Å². The lowest BCUT2D eigenvalue weighted by atomic mass is 10.1. The van der Waals surface area contributed by atoms with Gasteiger partial charge in [0.15, 0.2) is 0 Å². The molecule has 9 heteroatoms. The summed E-state index contributed by atoms with van der Waals surface area (Å²) in [5.74, 6) is -1.98. The van der Waals surface area contributed by atoms with Gasteiger partial charge in [-0.05, 0) is 24.1 Å². The fourth-order valence-electron chi connectivity index (χ4n) is 3.15. The van der Waals surface area contributed by atoms with Gasteiger partial charge in [0.05, 0.1) is 5.69 Å². The van der Waals surface area contributed by atoms with Gasteiger partial charge in [0.1, 0.15) is 30.0 Å². The van der Waals surface area contributed by atoms with Gasteiger partial charge in [0, 0.05) is 23.7 Å². The lowest BCUT2D eigenvalue weighted by Gasteiger charge is -2.07. The van der Waals surface area contributed by atoms with Crippen molar-refractivity contribution in [3.05, 3.63) is 88.0 Å². The van der Waals surface area contributed by atoms with Crippen LogP contribution in [-0.2, 0) is 24.3 Å². The number of carbonyl (C=O) groups is 1. The first kappa shape index (κ1) is 20.4. The first-order chi connectivity index (χ1) is 14.9. The molecule has 4 rings (SSSR count). The highest BCUT2D eigenvalue weighted by Crippen LogP contribution is 2.19. The summed E-state index contributed by atoms with van der Waals surface area (Å²) in [5, 5.41) is 10.9. The Kier molecular flexibility index (Phi) is 5.57. The number of benzene rings is 2. The SMILES string of the molecule is CCc1ccc(-c2cc3c(=O)n(CC(=O)NCc4ccc(F)cc4F)ncn3n2)cc1. The smallest absolute Gasteiger partial charge is 0.293 e. The maximum Gasteiger partial charge on any atom is 0.293 e. The number of hydrogen-bond acceptors (Lipinski definition) is 4. The van der Waals surface area contributed by atoms with Crippen molar-refractivity contribution in [2.24, 2.45) is 0 Å². The number of hydrogen-bond donors (Lipinski definition) is 1. The molecule has 4 aromatic rings. The zero-order chi connectivity index (χ0) is 22.0. The Morgan fingerprint density at radius 2 is 1.87 bits per heavy atom. The molecule has 0 bridgehead atoms. The summed E-state index contributed by atoms with van der Waals surface area (Å²) >= 11 is 0. The first-order valence-corrected chi connectivity index (χ1v) is 9.70. The Balaban J connectivity index is 1.50. The number of nitrogens with one attached hydrogen (secondary N) is 1. The predicted octanol–water partition coefficient (Wildman–Crippen LogP) is 2.72. The van der Waals surface area contributed by atoms with E-state index >= 15 is 0 Å². The van der Waals surface area contributed by atoms with Gasteiger partial charge in [0.2, 0.25) is 5.91 Å². The summed E-state index contributed by atoms with van der Waals surface area (Å²) in [6, 6.07) is 12.6. The van der Waals surface area contributed by atoms with Gasteiger partial charge in [-0.2, -0.15) is 10.2 Å². The van der Waals surface area contributed by atoms with E-state index in [1.807, 2.05) is 24.3 Å². The van der Waals surface area contributed by atoms with Crippen molar-refractivity contribution >= 4 is 11.4 Å². The van der Waals surface area contributed by atoms with Crippen LogP contribution in [0.3, 0.4) is 0 Å². The second-order valence-corrected chi connectivity index (χ2v) is 7.02. The van der Waals surface area contributed by atoms with Crippen LogP contribution in [0, 0.1) is 11.6 Å². The molecule has 0 saturated heterocycles. The van der Waals surface area contributed by atoms with Gasteiger partial charge < -0.3 is 5.32 Å². The fraction of sp³-hybridized carbons (Fsp3) is 0.182. The highest BCUT2D eigenvalue weighted by atomic mass is 19.1. The largest absolute Gasteiger partial charge is 0.350 e. The molecule has 0 radical (unpaired) electrons. The normalized spacial score (nSPS) is 11.1. The van der Waals surface area contributed by atoms with Crippen LogP contribution in [0.25, 0.3) is 16.8 Å². The summed E-state index contributed by atoms with van der Waals surface area (Å²) in [6.45, 7) is 1.59. The van der Waals surface area contributed by atoms with E-state index in [-0.39, 0.29) is 24.2 Å². The summed E-state index contributed by atoms with van der Waals surface area (Å²) in [6.07, 6.45) is 2.28. The molecule has 0 aliphatic rings. The molecule has 2 aromatic heterocycles. The second kappa shape index (κ2) is 8.47. The summed E-state index contributed by atoms with van der Waals surface area (Å²) < 4.78 is 29.0. The topological polar surface area (TPSA) is 81.3 Å². The van der Waals surface area contributed by atoms with E-state index in [1.165, 1.54) is 22.5 Å². The van der Waals surface area contributed by atoms with Crippen LogP contribution in [0.15, 0.2) is 59.7 Å². The Morgan fingerprint density at radius 3 is 2.58 bits per heavy atom. The van der Waals surface area contributed by atoms with Crippen LogP contribution < -0.4 is 10.9 Å². The standard InChI is InChI=1S/C22H19F2N5O2/c1-2-14-3-5-15(6-4-14)19-10-20-22(31)28(26-13-29(20)27-19)12-21(30)25-11-16-7-8-17(23)9-18(16)24/h3-10,13H,2,11-12H2,1H3,(H,25,30). The number of halogens is 2. The predicted molar refractivity (Wildman–Crippen MR) is 110 cm³/mol. The Hall–Kier alpha value is -3.88. The molecule has 2 aromatic carbocycles. The van der Waals surface area contributed by atoms with E-state index in [9.17, 15) is 18.4 Å². The molecule has 158 valence electrons. The Morgan fingerprint density at radius 1 is 1.10 bits per heavy atom. The molecule has 0 saturated carbocycles. The summed E-state index contributed by atoms with van der Waals surface area (Å²) in [4.78, 5) is 24.9. The average molecular weight is 423 g/mol. The van der Waals surface area contributed by atoms with Crippen LogP contribution in [-0.4, -0.2) is 25.3 Å². The maximum atomic E-state index is 13.7. The van der Waals surface area contributed by atoms with Gasteiger partial charge >= 0.3 is 0 Å². The van der Waals surface area contributed by atoms with Crippen molar-refractivity contribution < 1.29 is 13.6 Å². The van der Waals surface area contributed by atoms with Gasteiger partial charge in [-0.3, -0.25) is 9.59 Å². The summed E-state index contributed by atoms with van der Waals surface area (Å²) in [7, 11) is 0. The molecule has 1 amide bonds. The third kappa shape index (κ3) is 4.35. The van der Waals surface area contributed by atoms with E-state index in [0.29, 0.717) is 5.69 Å². The molecule has 31 heavy (non-hydrogen) atoms. The van der Waals surface area contributed by atoms with Gasteiger partial charge in [-0.1, -0.05) is 37.3 Å². The van der Waals surface area contributed by atoms with Crippen molar-refractivity contribution in [1.82, 2.24) is 24.7 Å². The highest BCUT2D eigenvalue weighted by molar-refractivity contribution is 5.75. The minimum absolute atomic E-state index is 0.132. The van der Waals surface area contributed by atoms with Crippen molar-refractivity contribution in [3.63, 3.8) is 0 Å². The van der Waals surface area contributed by atoms with Gasteiger partial charge in [-0.25, -0.2) is 18.0 Å². The number of amides is 1. The number of rotatable bonds is 6. The molecule has 0 atom stereocenters. The van der Waals surface area contributed by atoms with E-state index in [4.69, 9.17) is 0 Å². The molecular formula is C22H19F2N5O2. The zero-order valence-corrected chi connectivity index (χ0v) is 16.7. The van der Waals surface area contributed by atoms with Crippen molar-refractivity contribution in [3.8, 4) is 11.3 Å². The number of nitrogens with zero attached hydrogens (tertiary/aromatic N) is 4. The quantitative estimate of drug-likeness (QED) is 0.517. The van der Waals surface area contributed by atoms with Gasteiger partial charge in [-0.15, -0.1) is 0 Å². The van der Waals surface area contributed by atoms with E-state index in [0.717, 1.165) is 28.8 Å². The van der Waals surface area contributed by atoms with Crippen molar-refractivity contribution in [2.45, 2.75) is 26.4 Å². The number of aromatic nitrogens is 4. The van der Waals surface area contributed by atoms with Crippen molar-refractivity contribution in [1.29, 1.82) is 0 Å². The molecule has 2 heterocycles. The van der Waals surface area contributed by atoms with Crippen LogP contribution in [0.4, 0.5) is 8.78 Å². The maximum absolute atomic E-state index is 13.7. The Labute approximate surface area is 175 Å². The minimum Gasteiger partial charge on any atom is -0.350 e. The van der Waals surface area contributed by atoms with Crippen LogP contribution >= 0.6 is 0 Å². The average Bonchev–Trinajstić information content (AvgIpc) is 3.20. The molecule has 7 nitrogen and oxygen atoms in total. The lowest BCUT2D eigenvalue weighted by Crippen LogP contribution is -2.34.